The fourth-order valence-corrected chi connectivity index (χ4v) is 0.952. The highest BCUT2D eigenvalue weighted by atomic mass is 16.5. The van der Waals surface area contributed by atoms with Gasteiger partial charge in [-0.25, -0.2) is 0 Å². The summed E-state index contributed by atoms with van der Waals surface area (Å²) >= 11 is 0. The van der Waals surface area contributed by atoms with Crippen LogP contribution in [0.4, 0.5) is 0 Å². The second-order valence-corrected chi connectivity index (χ2v) is 3.40. The summed E-state index contributed by atoms with van der Waals surface area (Å²) in [5, 5.41) is 2.95. The molecular weight excluding hydrogens is 206 g/mol. The maximum absolute atomic E-state index is 11.1. The first-order valence-electron chi connectivity index (χ1n) is 5.70. The molecule has 4 heteroatoms. The standard InChI is InChI=1S/C12H21NO3/c1-3-5-6-12(15)9-13-7-8-16-10-11(14)4-2/h5-6,13H,3-4,7-10H2,1-2H3/b6-5+. The predicted octanol–water partition coefficient (Wildman–Crippen LogP) is 1.11. The second kappa shape index (κ2) is 10.5. The van der Waals surface area contributed by atoms with Crippen LogP contribution >= 0.6 is 0 Å². The zero-order valence-electron chi connectivity index (χ0n) is 10.1. The molecule has 0 fully saturated rings. The molecule has 0 aliphatic carbocycles. The van der Waals surface area contributed by atoms with Gasteiger partial charge in [-0.1, -0.05) is 19.9 Å². The molecule has 0 aliphatic heterocycles. The van der Waals surface area contributed by atoms with E-state index in [2.05, 4.69) is 5.32 Å². The molecule has 0 atom stereocenters. The van der Waals surface area contributed by atoms with Crippen molar-refractivity contribution in [3.8, 4) is 0 Å². The first-order chi connectivity index (χ1) is 7.70. The van der Waals surface area contributed by atoms with Crippen molar-refractivity contribution in [1.29, 1.82) is 0 Å². The van der Waals surface area contributed by atoms with Gasteiger partial charge in [0.05, 0.1) is 13.2 Å². The Labute approximate surface area is 97.1 Å². The van der Waals surface area contributed by atoms with Gasteiger partial charge in [0.15, 0.2) is 11.6 Å². The summed E-state index contributed by atoms with van der Waals surface area (Å²) in [6.45, 7) is 5.32. The highest BCUT2D eigenvalue weighted by molar-refractivity contribution is 5.91. The lowest BCUT2D eigenvalue weighted by molar-refractivity contribution is -0.123. The third kappa shape index (κ3) is 9.55. The number of ketones is 2. The highest BCUT2D eigenvalue weighted by Gasteiger charge is 1.98. The van der Waals surface area contributed by atoms with E-state index >= 15 is 0 Å². The van der Waals surface area contributed by atoms with Crippen LogP contribution in [-0.4, -0.2) is 37.9 Å². The van der Waals surface area contributed by atoms with E-state index in [1.807, 2.05) is 19.9 Å². The van der Waals surface area contributed by atoms with Crippen molar-refractivity contribution in [3.63, 3.8) is 0 Å². The molecule has 0 amide bonds. The van der Waals surface area contributed by atoms with Gasteiger partial charge in [0.25, 0.3) is 0 Å². The van der Waals surface area contributed by atoms with Gasteiger partial charge in [-0.3, -0.25) is 9.59 Å². The molecule has 0 spiro atoms. The molecule has 0 aromatic carbocycles. The van der Waals surface area contributed by atoms with Crippen molar-refractivity contribution < 1.29 is 14.3 Å². The lowest BCUT2D eigenvalue weighted by Gasteiger charge is -2.03. The van der Waals surface area contributed by atoms with Crippen LogP contribution in [0.5, 0.6) is 0 Å². The number of carbonyl (C=O) groups excluding carboxylic acids is 2. The third-order valence-corrected chi connectivity index (χ3v) is 1.92. The summed E-state index contributed by atoms with van der Waals surface area (Å²) in [4.78, 5) is 22.0. The van der Waals surface area contributed by atoms with E-state index in [4.69, 9.17) is 4.74 Å². The summed E-state index contributed by atoms with van der Waals surface area (Å²) in [5.74, 6) is 0.161. The zero-order valence-corrected chi connectivity index (χ0v) is 10.1. The topological polar surface area (TPSA) is 55.4 Å². The Bertz CT molecular complexity index is 236. The average Bonchev–Trinajstić information content (AvgIpc) is 2.30. The molecule has 1 N–H and O–H groups in total. The lowest BCUT2D eigenvalue weighted by atomic mass is 10.3. The van der Waals surface area contributed by atoms with Gasteiger partial charge in [0.1, 0.15) is 6.61 Å². The van der Waals surface area contributed by atoms with Crippen LogP contribution in [0, 0.1) is 0 Å². The van der Waals surface area contributed by atoms with E-state index in [1.54, 1.807) is 6.08 Å². The first-order valence-corrected chi connectivity index (χ1v) is 5.70. The van der Waals surface area contributed by atoms with Crippen molar-refractivity contribution >= 4 is 11.6 Å². The molecule has 0 saturated carbocycles. The predicted molar refractivity (Wildman–Crippen MR) is 63.4 cm³/mol. The van der Waals surface area contributed by atoms with Crippen LogP contribution in [0.3, 0.4) is 0 Å². The normalized spacial score (nSPS) is 10.9. The van der Waals surface area contributed by atoms with Gasteiger partial charge in [0, 0.05) is 13.0 Å². The zero-order chi connectivity index (χ0) is 12.2. The third-order valence-electron chi connectivity index (χ3n) is 1.92. The lowest BCUT2D eigenvalue weighted by Crippen LogP contribution is -2.26. The molecule has 92 valence electrons. The minimum absolute atomic E-state index is 0.0616. The SMILES string of the molecule is CC/C=C/C(=O)CNCCOCC(=O)CC. The molecule has 16 heavy (non-hydrogen) atoms. The van der Waals surface area contributed by atoms with Crippen LogP contribution < -0.4 is 5.32 Å². The van der Waals surface area contributed by atoms with Crippen LogP contribution in [0.2, 0.25) is 0 Å². The summed E-state index contributed by atoms with van der Waals surface area (Å²) in [6, 6.07) is 0. The molecule has 0 aromatic heterocycles. The molecule has 0 radical (unpaired) electrons. The Morgan fingerprint density at radius 1 is 1.31 bits per heavy atom. The van der Waals surface area contributed by atoms with E-state index in [0.29, 0.717) is 26.1 Å². The molecule has 0 aromatic rings. The number of nitrogens with one attached hydrogen (secondary N) is 1. The van der Waals surface area contributed by atoms with Gasteiger partial charge in [-0.2, -0.15) is 0 Å². The largest absolute Gasteiger partial charge is 0.372 e. The van der Waals surface area contributed by atoms with E-state index in [-0.39, 0.29) is 18.2 Å². The summed E-state index contributed by atoms with van der Waals surface area (Å²) in [6.07, 6.45) is 4.79. The molecule has 0 rings (SSSR count). The van der Waals surface area contributed by atoms with Gasteiger partial charge in [-0.15, -0.1) is 0 Å². The van der Waals surface area contributed by atoms with Crippen LogP contribution in [0.15, 0.2) is 12.2 Å². The average molecular weight is 227 g/mol. The van der Waals surface area contributed by atoms with Crippen molar-refractivity contribution in [2.75, 3.05) is 26.3 Å². The molecule has 4 nitrogen and oxygen atoms in total. The Balaban J connectivity index is 3.30. The van der Waals surface area contributed by atoms with E-state index in [9.17, 15) is 9.59 Å². The Hall–Kier alpha value is -1.00. The van der Waals surface area contributed by atoms with Gasteiger partial charge >= 0.3 is 0 Å². The maximum Gasteiger partial charge on any atom is 0.169 e. The molecular formula is C12H21NO3. The molecule has 0 unspecified atom stereocenters. The van der Waals surface area contributed by atoms with Crippen LogP contribution in [0.1, 0.15) is 26.7 Å². The Kier molecular flexibility index (Phi) is 9.86. The number of rotatable bonds is 10. The fraction of sp³-hybridized carbons (Fsp3) is 0.667. The second-order valence-electron chi connectivity index (χ2n) is 3.40. The number of Topliss-reactive ketones (excluding diaryl/α,β-unsaturated/α-hetero) is 1. The Morgan fingerprint density at radius 2 is 2.06 bits per heavy atom. The van der Waals surface area contributed by atoms with Crippen molar-refractivity contribution in [2.24, 2.45) is 0 Å². The highest BCUT2D eigenvalue weighted by Crippen LogP contribution is 1.83. The van der Waals surface area contributed by atoms with Gasteiger partial charge in [-0.05, 0) is 12.5 Å². The minimum atomic E-state index is 0.0616. The molecule has 0 aliphatic rings. The molecule has 0 bridgehead atoms. The van der Waals surface area contributed by atoms with Crippen molar-refractivity contribution in [3.05, 3.63) is 12.2 Å². The minimum Gasteiger partial charge on any atom is -0.372 e. The summed E-state index contributed by atoms with van der Waals surface area (Å²) in [5.41, 5.74) is 0. The van der Waals surface area contributed by atoms with Crippen molar-refractivity contribution in [1.82, 2.24) is 5.32 Å². The molecule has 0 heterocycles. The van der Waals surface area contributed by atoms with Crippen LogP contribution in [0.25, 0.3) is 0 Å². The number of carbonyl (C=O) groups is 2. The van der Waals surface area contributed by atoms with Crippen molar-refractivity contribution in [2.45, 2.75) is 26.7 Å². The quantitative estimate of drug-likeness (QED) is 0.448. The van der Waals surface area contributed by atoms with Gasteiger partial charge < -0.3 is 10.1 Å². The van der Waals surface area contributed by atoms with Gasteiger partial charge in [0.2, 0.25) is 0 Å². The van der Waals surface area contributed by atoms with Crippen LogP contribution in [-0.2, 0) is 14.3 Å². The number of ether oxygens (including phenoxy) is 1. The monoisotopic (exact) mass is 227 g/mol. The van der Waals surface area contributed by atoms with E-state index < -0.39 is 0 Å². The number of allylic oxidation sites excluding steroid dienone is 1. The first kappa shape index (κ1) is 15.0. The number of hydrogen-bond donors (Lipinski definition) is 1. The van der Waals surface area contributed by atoms with E-state index in [0.717, 1.165) is 6.42 Å². The molecule has 0 saturated heterocycles. The maximum atomic E-state index is 11.1. The smallest absolute Gasteiger partial charge is 0.169 e. The fourth-order valence-electron chi connectivity index (χ4n) is 0.952. The number of hydrogen-bond acceptors (Lipinski definition) is 4. The summed E-state index contributed by atoms with van der Waals surface area (Å²) < 4.78 is 5.11. The summed E-state index contributed by atoms with van der Waals surface area (Å²) in [7, 11) is 0. The van der Waals surface area contributed by atoms with E-state index in [1.165, 1.54) is 0 Å². The Morgan fingerprint density at radius 3 is 2.69 bits per heavy atom.